The minimum atomic E-state index is -0.714. The molecule has 2 fully saturated rings. The lowest BCUT2D eigenvalue weighted by Gasteiger charge is -2.26. The first-order valence-corrected chi connectivity index (χ1v) is 12.0. The van der Waals surface area contributed by atoms with Gasteiger partial charge in [0.15, 0.2) is 0 Å². The van der Waals surface area contributed by atoms with E-state index in [2.05, 4.69) is 10.2 Å². The van der Waals surface area contributed by atoms with Gasteiger partial charge in [0.25, 0.3) is 5.91 Å². The standard InChI is InChI=1S/C25H32N4O5/c1-4-25(2,3)20(30)23(31)28-14-8-12-18(28)21-26-27-22(34-21)19-13-9-15-29(19)24(32)33-16-17-10-6-5-7-11-17/h5-7,10-11,18-19H,4,8-9,12-16H2,1-3H3/t18-,19?/m0/s1. The highest BCUT2D eigenvalue weighted by Gasteiger charge is 2.42. The van der Waals surface area contributed by atoms with Gasteiger partial charge in [-0.05, 0) is 37.7 Å². The monoisotopic (exact) mass is 468 g/mol. The third-order valence-corrected chi connectivity index (χ3v) is 6.93. The van der Waals surface area contributed by atoms with E-state index in [1.165, 1.54) is 0 Å². The summed E-state index contributed by atoms with van der Waals surface area (Å²) in [6.45, 7) is 6.69. The summed E-state index contributed by atoms with van der Waals surface area (Å²) in [7, 11) is 0. The van der Waals surface area contributed by atoms with E-state index in [0.717, 1.165) is 18.4 Å². The Morgan fingerprint density at radius 3 is 2.21 bits per heavy atom. The average molecular weight is 469 g/mol. The fourth-order valence-electron chi connectivity index (χ4n) is 4.41. The van der Waals surface area contributed by atoms with Crippen LogP contribution in [-0.2, 0) is 20.9 Å². The lowest BCUT2D eigenvalue weighted by atomic mass is 9.84. The van der Waals surface area contributed by atoms with E-state index in [-0.39, 0.29) is 12.6 Å². The number of amides is 2. The Hall–Kier alpha value is -3.23. The molecule has 4 rings (SSSR count). The summed E-state index contributed by atoms with van der Waals surface area (Å²) in [5, 5.41) is 8.41. The Bertz CT molecular complexity index is 1030. The lowest BCUT2D eigenvalue weighted by Crippen LogP contribution is -2.42. The van der Waals surface area contributed by atoms with E-state index in [4.69, 9.17) is 9.15 Å². The number of likely N-dealkylation sites (tertiary alicyclic amines) is 2. The number of Topliss-reactive ketones (excluding diaryl/α,β-unsaturated/α-hetero) is 1. The molecule has 2 amide bonds. The van der Waals surface area contributed by atoms with Crippen LogP contribution in [-0.4, -0.2) is 50.9 Å². The second kappa shape index (κ2) is 9.95. The van der Waals surface area contributed by atoms with E-state index in [1.807, 2.05) is 37.3 Å². The molecule has 2 saturated heterocycles. The number of carbonyl (C=O) groups excluding carboxylic acids is 3. The van der Waals surface area contributed by atoms with Crippen LogP contribution in [0.1, 0.15) is 82.3 Å². The van der Waals surface area contributed by atoms with Gasteiger partial charge in [-0.3, -0.25) is 14.5 Å². The predicted octanol–water partition coefficient (Wildman–Crippen LogP) is 4.21. The fraction of sp³-hybridized carbons (Fsp3) is 0.560. The van der Waals surface area contributed by atoms with Crippen LogP contribution in [0, 0.1) is 5.41 Å². The first kappa shape index (κ1) is 23.9. The van der Waals surface area contributed by atoms with Crippen molar-refractivity contribution in [2.45, 2.75) is 71.6 Å². The maximum Gasteiger partial charge on any atom is 0.410 e. The zero-order chi connectivity index (χ0) is 24.3. The smallest absolute Gasteiger partial charge is 0.410 e. The minimum Gasteiger partial charge on any atom is -0.445 e. The van der Waals surface area contributed by atoms with Crippen molar-refractivity contribution >= 4 is 17.8 Å². The molecule has 0 N–H and O–H groups in total. The maximum absolute atomic E-state index is 12.9. The molecule has 0 bridgehead atoms. The second-order valence-corrected chi connectivity index (χ2v) is 9.59. The summed E-state index contributed by atoms with van der Waals surface area (Å²) in [6.07, 6.45) is 3.07. The highest BCUT2D eigenvalue weighted by Crippen LogP contribution is 2.36. The molecule has 2 aliphatic heterocycles. The predicted molar refractivity (Wildman–Crippen MR) is 122 cm³/mol. The number of hydrogen-bond donors (Lipinski definition) is 0. The van der Waals surface area contributed by atoms with E-state index in [1.54, 1.807) is 23.6 Å². The second-order valence-electron chi connectivity index (χ2n) is 9.59. The van der Waals surface area contributed by atoms with Gasteiger partial charge in [-0.2, -0.15) is 0 Å². The van der Waals surface area contributed by atoms with Crippen LogP contribution < -0.4 is 0 Å². The minimum absolute atomic E-state index is 0.194. The van der Waals surface area contributed by atoms with E-state index >= 15 is 0 Å². The third kappa shape index (κ3) is 4.83. The van der Waals surface area contributed by atoms with Crippen LogP contribution in [0.4, 0.5) is 4.79 Å². The van der Waals surface area contributed by atoms with Gasteiger partial charge in [0.2, 0.25) is 17.6 Å². The van der Waals surface area contributed by atoms with Crippen molar-refractivity contribution in [3.05, 3.63) is 47.7 Å². The molecule has 1 aromatic carbocycles. The topological polar surface area (TPSA) is 106 Å². The number of ketones is 1. The van der Waals surface area contributed by atoms with Crippen LogP contribution >= 0.6 is 0 Å². The lowest BCUT2D eigenvalue weighted by molar-refractivity contribution is -0.150. The van der Waals surface area contributed by atoms with Crippen molar-refractivity contribution in [2.24, 2.45) is 5.41 Å². The van der Waals surface area contributed by atoms with Crippen molar-refractivity contribution in [3.8, 4) is 0 Å². The SMILES string of the molecule is CCC(C)(C)C(=O)C(=O)N1CCC[C@H]1c1nnc(C2CCCN2C(=O)OCc2ccccc2)o1. The molecule has 1 unspecified atom stereocenters. The van der Waals surface area contributed by atoms with Crippen LogP contribution in [0.25, 0.3) is 0 Å². The summed E-state index contributed by atoms with van der Waals surface area (Å²) < 4.78 is 11.5. The average Bonchev–Trinajstić information content (AvgIpc) is 3.61. The number of benzene rings is 1. The molecule has 0 aliphatic carbocycles. The molecule has 2 aromatic rings. The van der Waals surface area contributed by atoms with Gasteiger partial charge >= 0.3 is 6.09 Å². The zero-order valence-corrected chi connectivity index (χ0v) is 20.0. The summed E-state index contributed by atoms with van der Waals surface area (Å²) in [4.78, 5) is 41.6. The Morgan fingerprint density at radius 1 is 1.00 bits per heavy atom. The van der Waals surface area contributed by atoms with Gasteiger partial charge < -0.3 is 14.1 Å². The van der Waals surface area contributed by atoms with Crippen molar-refractivity contribution in [1.82, 2.24) is 20.0 Å². The zero-order valence-electron chi connectivity index (χ0n) is 20.0. The third-order valence-electron chi connectivity index (χ3n) is 6.93. The quantitative estimate of drug-likeness (QED) is 0.560. The molecule has 0 spiro atoms. The summed E-state index contributed by atoms with van der Waals surface area (Å²) in [6, 6.07) is 8.72. The van der Waals surface area contributed by atoms with E-state index in [9.17, 15) is 14.4 Å². The van der Waals surface area contributed by atoms with Crippen LogP contribution in [0.5, 0.6) is 0 Å². The molecule has 2 atom stereocenters. The van der Waals surface area contributed by atoms with Crippen molar-refractivity contribution in [1.29, 1.82) is 0 Å². The number of carbonyl (C=O) groups is 3. The van der Waals surface area contributed by atoms with Gasteiger partial charge in [0, 0.05) is 18.5 Å². The number of ether oxygens (including phenoxy) is 1. The maximum atomic E-state index is 12.9. The van der Waals surface area contributed by atoms with Crippen molar-refractivity contribution in [3.63, 3.8) is 0 Å². The number of aromatic nitrogens is 2. The van der Waals surface area contributed by atoms with Gasteiger partial charge in [0.1, 0.15) is 18.7 Å². The molecule has 0 radical (unpaired) electrons. The summed E-state index contributed by atoms with van der Waals surface area (Å²) >= 11 is 0. The molecule has 0 saturated carbocycles. The molecule has 2 aliphatic rings. The first-order valence-electron chi connectivity index (χ1n) is 12.0. The van der Waals surface area contributed by atoms with Gasteiger partial charge in [-0.15, -0.1) is 10.2 Å². The van der Waals surface area contributed by atoms with E-state index in [0.29, 0.717) is 44.1 Å². The number of rotatable bonds is 7. The number of hydrogen-bond acceptors (Lipinski definition) is 7. The van der Waals surface area contributed by atoms with Crippen LogP contribution in [0.15, 0.2) is 34.7 Å². The molecule has 182 valence electrons. The van der Waals surface area contributed by atoms with Crippen molar-refractivity contribution < 1.29 is 23.5 Å². The summed E-state index contributed by atoms with van der Waals surface area (Å²) in [5.74, 6) is -0.248. The van der Waals surface area contributed by atoms with Crippen molar-refractivity contribution in [2.75, 3.05) is 13.1 Å². The Labute approximate surface area is 199 Å². The Balaban J connectivity index is 1.44. The molecule has 3 heterocycles. The highest BCUT2D eigenvalue weighted by atomic mass is 16.6. The van der Waals surface area contributed by atoms with Crippen LogP contribution in [0.3, 0.4) is 0 Å². The van der Waals surface area contributed by atoms with Crippen LogP contribution in [0.2, 0.25) is 0 Å². The largest absolute Gasteiger partial charge is 0.445 e. The van der Waals surface area contributed by atoms with Gasteiger partial charge in [0.05, 0.1) is 0 Å². The summed E-state index contributed by atoms with van der Waals surface area (Å²) in [5.41, 5.74) is 0.202. The Kier molecular flexibility index (Phi) is 7.00. The molecule has 34 heavy (non-hydrogen) atoms. The molecule has 1 aromatic heterocycles. The molecular weight excluding hydrogens is 436 g/mol. The molecule has 9 heteroatoms. The normalized spacial score (nSPS) is 20.6. The highest BCUT2D eigenvalue weighted by molar-refractivity contribution is 6.38. The Morgan fingerprint density at radius 2 is 1.59 bits per heavy atom. The first-order chi connectivity index (χ1) is 16.3. The fourth-order valence-corrected chi connectivity index (χ4v) is 4.41. The van der Waals surface area contributed by atoms with Gasteiger partial charge in [-0.25, -0.2) is 4.79 Å². The number of nitrogens with zero attached hydrogens (tertiary/aromatic N) is 4. The molecular formula is C25H32N4O5. The molecule has 9 nitrogen and oxygen atoms in total. The van der Waals surface area contributed by atoms with Gasteiger partial charge in [-0.1, -0.05) is 51.1 Å². The van der Waals surface area contributed by atoms with E-state index < -0.39 is 29.2 Å².